The lowest BCUT2D eigenvalue weighted by atomic mass is 9.93. The van der Waals surface area contributed by atoms with E-state index in [-0.39, 0.29) is 35.9 Å². The Morgan fingerprint density at radius 1 is 0.557 bits per heavy atom. The molecule has 0 aliphatic carbocycles. The minimum absolute atomic E-state index is 0.0620. The van der Waals surface area contributed by atoms with Crippen LogP contribution in [0.5, 0.6) is 11.5 Å². The fourth-order valence-electron chi connectivity index (χ4n) is 10.0. The first kappa shape index (κ1) is 45.4. The molecule has 2 aromatic rings. The molecule has 2 atom stereocenters. The Morgan fingerprint density at radius 3 is 1.33 bits per heavy atom. The van der Waals surface area contributed by atoms with Gasteiger partial charge in [-0.05, 0) is 103 Å². The summed E-state index contributed by atoms with van der Waals surface area (Å²) in [4.78, 5) is 37.0. The number of piperidine rings is 4. The summed E-state index contributed by atoms with van der Waals surface area (Å²) in [6.07, 6.45) is 7.34. The Labute approximate surface area is 355 Å². The van der Waals surface area contributed by atoms with E-state index >= 15 is 0 Å². The third-order valence-corrected chi connectivity index (χ3v) is 13.6. The molecule has 0 spiro atoms. The smallest absolute Gasteiger partial charge is 0.225 e. The van der Waals surface area contributed by atoms with Gasteiger partial charge in [0.1, 0.15) is 23.8 Å². The Kier molecular flexibility index (Phi) is 15.8. The maximum absolute atomic E-state index is 13.8. The Balaban J connectivity index is 0.000000184. The minimum atomic E-state index is -1.04. The van der Waals surface area contributed by atoms with Crippen molar-refractivity contribution in [3.8, 4) is 11.5 Å². The number of carbonyl (C=O) groups is 2. The number of amides is 2. The van der Waals surface area contributed by atoms with Crippen LogP contribution in [0.4, 0.5) is 26.3 Å². The molecule has 8 rings (SSSR count). The second-order valence-electron chi connectivity index (χ2n) is 18.1. The number of hydrogen-bond donors (Lipinski definition) is 1. The Bertz CT molecular complexity index is 1730. The van der Waals surface area contributed by atoms with Crippen molar-refractivity contribution in [2.24, 2.45) is 23.7 Å². The molecule has 1 N–H and O–H groups in total. The van der Waals surface area contributed by atoms with E-state index in [0.717, 1.165) is 89.9 Å². The molecule has 6 fully saturated rings. The molecule has 16 heteroatoms. The Morgan fingerprint density at radius 2 is 0.967 bits per heavy atom. The van der Waals surface area contributed by atoms with Gasteiger partial charge < -0.3 is 39.3 Å². The van der Waals surface area contributed by atoms with E-state index in [1.165, 1.54) is 25.9 Å². The third kappa shape index (κ3) is 12.3. The predicted molar refractivity (Wildman–Crippen MR) is 218 cm³/mol. The van der Waals surface area contributed by atoms with Crippen molar-refractivity contribution in [1.29, 1.82) is 0 Å². The minimum Gasteiger partial charge on any atom is -0.484 e. The SMILES string of the molecule is CN1CCC(CN2CCC(C(=O)N3CCC(Oc4c(F)cc(F)cc4F)CC3)CC2)C1.O=C(C1CCN(CC2CCNC2)CC1)N1CCC(Oc2c(F)cc(F)cc2F)CC1. The molecule has 0 radical (unpaired) electrons. The van der Waals surface area contributed by atoms with Gasteiger partial charge in [0.25, 0.3) is 0 Å². The number of benzene rings is 2. The summed E-state index contributed by atoms with van der Waals surface area (Å²) in [7, 11) is 2.17. The fourth-order valence-corrected chi connectivity index (χ4v) is 10.0. The molecule has 2 amide bonds. The van der Waals surface area contributed by atoms with Gasteiger partial charge in [0.2, 0.25) is 11.8 Å². The number of nitrogens with one attached hydrogen (secondary N) is 1. The molecular weight excluding hydrogens is 803 g/mol. The highest BCUT2D eigenvalue weighted by Gasteiger charge is 2.35. The highest BCUT2D eigenvalue weighted by atomic mass is 19.2. The van der Waals surface area contributed by atoms with Crippen molar-refractivity contribution >= 4 is 11.8 Å². The number of hydrogen-bond acceptors (Lipinski definition) is 8. The maximum atomic E-state index is 13.8. The van der Waals surface area contributed by atoms with Gasteiger partial charge in [-0.1, -0.05) is 0 Å². The van der Waals surface area contributed by atoms with Crippen molar-refractivity contribution in [2.45, 2.75) is 76.4 Å². The second-order valence-corrected chi connectivity index (χ2v) is 18.1. The largest absolute Gasteiger partial charge is 0.484 e. The van der Waals surface area contributed by atoms with Gasteiger partial charge in [-0.25, -0.2) is 26.3 Å². The molecule has 0 saturated carbocycles. The van der Waals surface area contributed by atoms with Crippen LogP contribution in [-0.2, 0) is 9.59 Å². The van der Waals surface area contributed by atoms with Crippen molar-refractivity contribution < 1.29 is 45.4 Å². The zero-order valence-corrected chi connectivity index (χ0v) is 35.4. The van der Waals surface area contributed by atoms with E-state index in [9.17, 15) is 35.9 Å². The molecule has 6 aliphatic heterocycles. The van der Waals surface area contributed by atoms with Gasteiger partial charge in [-0.15, -0.1) is 0 Å². The van der Waals surface area contributed by atoms with Crippen LogP contribution in [0, 0.1) is 58.6 Å². The molecule has 0 bridgehead atoms. The molecule has 6 saturated heterocycles. The van der Waals surface area contributed by atoms with Crippen LogP contribution >= 0.6 is 0 Å². The first-order valence-electron chi connectivity index (χ1n) is 22.4. The highest BCUT2D eigenvalue weighted by molar-refractivity contribution is 5.79. The van der Waals surface area contributed by atoms with Gasteiger partial charge in [0.05, 0.1) is 0 Å². The lowest BCUT2D eigenvalue weighted by molar-refractivity contribution is -0.139. The molecule has 10 nitrogen and oxygen atoms in total. The van der Waals surface area contributed by atoms with Gasteiger partial charge in [0.15, 0.2) is 34.8 Å². The van der Waals surface area contributed by atoms with Gasteiger partial charge in [-0.3, -0.25) is 9.59 Å². The Hall–Kier alpha value is -3.60. The molecule has 61 heavy (non-hydrogen) atoms. The van der Waals surface area contributed by atoms with Gasteiger partial charge in [-0.2, -0.15) is 0 Å². The summed E-state index contributed by atoms with van der Waals surface area (Å²) in [5, 5.41) is 3.40. The molecule has 6 heterocycles. The molecule has 338 valence electrons. The molecule has 2 unspecified atom stereocenters. The van der Waals surface area contributed by atoms with Crippen molar-refractivity contribution in [1.82, 2.24) is 29.8 Å². The lowest BCUT2D eigenvalue weighted by Gasteiger charge is -2.37. The van der Waals surface area contributed by atoms with E-state index in [4.69, 9.17) is 9.47 Å². The summed E-state index contributed by atoms with van der Waals surface area (Å²) < 4.78 is 92.3. The number of likely N-dealkylation sites (tertiary alicyclic amines) is 5. The van der Waals surface area contributed by atoms with Crippen LogP contribution in [0.15, 0.2) is 24.3 Å². The molecular formula is C45H62F6N6O4. The number of carbonyl (C=O) groups excluding carboxylic acids is 2. The second kappa shape index (κ2) is 21.2. The van der Waals surface area contributed by atoms with Crippen molar-refractivity contribution in [2.75, 3.05) is 98.7 Å². The number of ether oxygens (including phenoxy) is 2. The number of nitrogens with zero attached hydrogens (tertiary/aromatic N) is 5. The van der Waals surface area contributed by atoms with Crippen LogP contribution in [0.25, 0.3) is 0 Å². The van der Waals surface area contributed by atoms with Gasteiger partial charge >= 0.3 is 0 Å². The normalized spacial score (nSPS) is 24.5. The zero-order valence-electron chi connectivity index (χ0n) is 35.4. The van der Waals surface area contributed by atoms with E-state index in [0.29, 0.717) is 76.1 Å². The lowest BCUT2D eigenvalue weighted by Crippen LogP contribution is -2.47. The summed E-state index contributed by atoms with van der Waals surface area (Å²) in [5.74, 6) is -5.17. The first-order valence-corrected chi connectivity index (χ1v) is 22.4. The van der Waals surface area contributed by atoms with Crippen LogP contribution in [0.3, 0.4) is 0 Å². The van der Waals surface area contributed by atoms with E-state index in [1.807, 2.05) is 9.80 Å². The number of halogens is 6. The van der Waals surface area contributed by atoms with Crippen molar-refractivity contribution in [3.63, 3.8) is 0 Å². The topological polar surface area (TPSA) is 80.8 Å². The van der Waals surface area contributed by atoms with Crippen molar-refractivity contribution in [3.05, 3.63) is 59.2 Å². The first-order chi connectivity index (χ1) is 29.4. The third-order valence-electron chi connectivity index (χ3n) is 13.6. The molecule has 0 aromatic heterocycles. The summed E-state index contributed by atoms with van der Waals surface area (Å²) >= 11 is 0. The summed E-state index contributed by atoms with van der Waals surface area (Å²) in [5.41, 5.74) is 0. The van der Waals surface area contributed by atoms with Crippen LogP contribution in [-0.4, -0.2) is 147 Å². The maximum Gasteiger partial charge on any atom is 0.225 e. The summed E-state index contributed by atoms with van der Waals surface area (Å²) in [6, 6.07) is 2.47. The fraction of sp³-hybridized carbons (Fsp3) is 0.689. The standard InChI is InChI=1S/C23H32F3N3O2.C22H30F3N3O2/c1-27-7-2-16(14-27)15-28-8-3-17(4-9-28)23(30)29-10-5-19(6-11-29)31-22-20(25)12-18(24)13-21(22)26;23-17-11-19(24)21(20(25)12-17)30-18-4-9-28(10-5-18)22(29)16-2-7-27(8-3-16)14-15-1-6-26-13-15/h12-13,16-17,19H,2-11,14-15H2,1H3;11-12,15-16,18,26H,1-10,13-14H2. The van der Waals surface area contributed by atoms with Crippen LogP contribution in [0.1, 0.15) is 64.2 Å². The summed E-state index contributed by atoms with van der Waals surface area (Å²) in [6.45, 7) is 12.7. The van der Waals surface area contributed by atoms with Crippen LogP contribution in [0.2, 0.25) is 0 Å². The average molecular weight is 865 g/mol. The quantitative estimate of drug-likeness (QED) is 0.295. The van der Waals surface area contributed by atoms with E-state index < -0.39 is 46.4 Å². The zero-order chi connectivity index (χ0) is 43.0. The van der Waals surface area contributed by atoms with Crippen LogP contribution < -0.4 is 14.8 Å². The predicted octanol–water partition coefficient (Wildman–Crippen LogP) is 5.93. The molecule has 6 aliphatic rings. The average Bonchev–Trinajstić information content (AvgIpc) is 3.92. The van der Waals surface area contributed by atoms with E-state index in [1.54, 1.807) is 0 Å². The molecule has 2 aromatic carbocycles. The highest BCUT2D eigenvalue weighted by Crippen LogP contribution is 2.30. The monoisotopic (exact) mass is 864 g/mol. The number of rotatable bonds is 10. The van der Waals surface area contributed by atoms with Gasteiger partial charge in [0, 0.05) is 108 Å². The van der Waals surface area contributed by atoms with E-state index in [2.05, 4.69) is 27.1 Å².